The molecular weight excluding hydrogens is 536 g/mol. The van der Waals surface area contributed by atoms with E-state index in [1.54, 1.807) is 25.3 Å². The number of para-hydroxylation sites is 1. The Morgan fingerprint density at radius 1 is 0.929 bits per heavy atom. The molecule has 2 unspecified atom stereocenters. The number of benzene rings is 4. The van der Waals surface area contributed by atoms with Crippen LogP contribution in [0.3, 0.4) is 0 Å². The number of carboxylic acid groups (broad SMARTS) is 2. The van der Waals surface area contributed by atoms with Gasteiger partial charge in [-0.1, -0.05) is 49.4 Å². The number of aromatic carboxylic acids is 1. The molecule has 1 aliphatic heterocycles. The molecule has 0 fully saturated rings. The number of carbonyl (C=O) groups is 2. The van der Waals surface area contributed by atoms with E-state index >= 15 is 0 Å². The molecule has 0 spiro atoms. The summed E-state index contributed by atoms with van der Waals surface area (Å²) in [6, 6.07) is 23.1. The van der Waals surface area contributed by atoms with Gasteiger partial charge in [0.05, 0.1) is 19.3 Å². The Hall–Kier alpha value is -4.98. The average Bonchev–Trinajstić information content (AvgIpc) is 3.62. The van der Waals surface area contributed by atoms with Crippen LogP contribution in [-0.4, -0.2) is 42.7 Å². The lowest BCUT2D eigenvalue weighted by molar-refractivity contribution is -0.144. The Balaban J connectivity index is 1.67. The van der Waals surface area contributed by atoms with Gasteiger partial charge in [-0.3, -0.25) is 4.79 Å². The van der Waals surface area contributed by atoms with E-state index < -0.39 is 23.3 Å². The molecule has 8 heteroatoms. The zero-order chi connectivity index (χ0) is 29.4. The summed E-state index contributed by atoms with van der Waals surface area (Å²) in [6.45, 7) is 2.59. The van der Waals surface area contributed by atoms with Gasteiger partial charge >= 0.3 is 11.9 Å². The van der Waals surface area contributed by atoms with Gasteiger partial charge in [0.15, 0.2) is 11.5 Å². The number of ether oxygens (including phenoxy) is 4. The molecule has 0 saturated heterocycles. The van der Waals surface area contributed by atoms with Crippen molar-refractivity contribution in [3.8, 4) is 34.1 Å². The second-order valence-corrected chi connectivity index (χ2v) is 10.4. The van der Waals surface area contributed by atoms with Crippen molar-refractivity contribution in [2.45, 2.75) is 31.1 Å². The van der Waals surface area contributed by atoms with Gasteiger partial charge in [0, 0.05) is 17.0 Å². The second-order valence-electron chi connectivity index (χ2n) is 10.4. The Bertz CT molecular complexity index is 1690. The third kappa shape index (κ3) is 4.31. The van der Waals surface area contributed by atoms with Crippen LogP contribution in [0.4, 0.5) is 0 Å². The highest BCUT2D eigenvalue weighted by molar-refractivity contribution is 5.92. The maximum Gasteiger partial charge on any atom is 0.335 e. The first-order valence-corrected chi connectivity index (χ1v) is 13.8. The predicted octanol–water partition coefficient (Wildman–Crippen LogP) is 6.29. The number of rotatable bonds is 9. The van der Waals surface area contributed by atoms with E-state index in [9.17, 15) is 19.8 Å². The summed E-state index contributed by atoms with van der Waals surface area (Å²) in [5.41, 5.74) is 2.76. The van der Waals surface area contributed by atoms with Crippen molar-refractivity contribution >= 4 is 11.9 Å². The summed E-state index contributed by atoms with van der Waals surface area (Å²) in [5, 5.41) is 21.0. The highest BCUT2D eigenvalue weighted by atomic mass is 16.7. The smallest absolute Gasteiger partial charge is 0.335 e. The van der Waals surface area contributed by atoms with E-state index in [1.807, 2.05) is 55.5 Å². The minimum atomic E-state index is -1.54. The third-order valence-corrected chi connectivity index (χ3v) is 8.14. The summed E-state index contributed by atoms with van der Waals surface area (Å²) in [5.74, 6) is -0.491. The van der Waals surface area contributed by atoms with Gasteiger partial charge in [0.25, 0.3) is 0 Å². The zero-order valence-corrected chi connectivity index (χ0v) is 23.3. The maximum atomic E-state index is 13.7. The molecule has 1 aliphatic carbocycles. The molecule has 2 atom stereocenters. The molecule has 4 aromatic carbocycles. The number of aliphatic carboxylic acids is 1. The molecule has 0 amide bonds. The van der Waals surface area contributed by atoms with Gasteiger partial charge in [-0.15, -0.1) is 0 Å². The van der Waals surface area contributed by atoms with Crippen LogP contribution in [0.15, 0.2) is 78.9 Å². The van der Waals surface area contributed by atoms with Crippen LogP contribution in [-0.2, 0) is 16.6 Å². The van der Waals surface area contributed by atoms with Gasteiger partial charge in [-0.05, 0) is 71.5 Å². The largest absolute Gasteiger partial charge is 0.496 e. The molecule has 1 heterocycles. The lowest BCUT2D eigenvalue weighted by Crippen LogP contribution is -2.40. The Morgan fingerprint density at radius 2 is 1.74 bits per heavy atom. The fourth-order valence-corrected chi connectivity index (χ4v) is 6.31. The SMILES string of the molecule is CCCOc1ccc2c(c1-c1ccccc1OC)CC(C(=O)O)(c1cccc(C(=O)O)c1)C2c1ccc2c(c1)OCO2. The lowest BCUT2D eigenvalue weighted by atomic mass is 9.68. The van der Waals surface area contributed by atoms with E-state index in [-0.39, 0.29) is 18.8 Å². The zero-order valence-electron chi connectivity index (χ0n) is 23.3. The van der Waals surface area contributed by atoms with Gasteiger partial charge in [0.2, 0.25) is 6.79 Å². The first-order valence-electron chi connectivity index (χ1n) is 13.8. The number of carboxylic acids is 2. The van der Waals surface area contributed by atoms with E-state index in [1.165, 1.54) is 12.1 Å². The second kappa shape index (κ2) is 10.8. The normalized spacial score (nSPS) is 18.4. The Morgan fingerprint density at radius 3 is 2.50 bits per heavy atom. The summed E-state index contributed by atoms with van der Waals surface area (Å²) in [7, 11) is 1.60. The van der Waals surface area contributed by atoms with Crippen LogP contribution >= 0.6 is 0 Å². The molecule has 2 N–H and O–H groups in total. The van der Waals surface area contributed by atoms with Gasteiger partial charge in [-0.25, -0.2) is 4.79 Å². The molecular formula is C34H30O8. The third-order valence-electron chi connectivity index (χ3n) is 8.14. The molecule has 0 aromatic heterocycles. The van der Waals surface area contributed by atoms with Gasteiger partial charge < -0.3 is 29.2 Å². The summed E-state index contributed by atoms with van der Waals surface area (Å²) < 4.78 is 23.2. The minimum absolute atomic E-state index is 0.0189. The van der Waals surface area contributed by atoms with Crippen LogP contribution in [0, 0.1) is 0 Å². The molecule has 214 valence electrons. The molecule has 8 nitrogen and oxygen atoms in total. The molecule has 42 heavy (non-hydrogen) atoms. The minimum Gasteiger partial charge on any atom is -0.496 e. The van der Waals surface area contributed by atoms with Crippen LogP contribution in [0.1, 0.15) is 51.9 Å². The summed E-state index contributed by atoms with van der Waals surface area (Å²) in [6.07, 6.45) is 0.889. The average molecular weight is 567 g/mol. The monoisotopic (exact) mass is 566 g/mol. The highest BCUT2D eigenvalue weighted by Gasteiger charge is 2.55. The first-order chi connectivity index (χ1) is 20.4. The molecule has 0 saturated carbocycles. The molecule has 0 bridgehead atoms. The predicted molar refractivity (Wildman–Crippen MR) is 155 cm³/mol. The van der Waals surface area contributed by atoms with Crippen molar-refractivity contribution in [1.82, 2.24) is 0 Å². The molecule has 2 aliphatic rings. The van der Waals surface area contributed by atoms with E-state index in [4.69, 9.17) is 18.9 Å². The topological polar surface area (TPSA) is 112 Å². The Labute approximate surface area is 243 Å². The fourth-order valence-electron chi connectivity index (χ4n) is 6.31. The Kier molecular flexibility index (Phi) is 6.98. The molecule has 6 rings (SSSR count). The maximum absolute atomic E-state index is 13.7. The van der Waals surface area contributed by atoms with Crippen LogP contribution < -0.4 is 18.9 Å². The quantitative estimate of drug-likeness (QED) is 0.243. The summed E-state index contributed by atoms with van der Waals surface area (Å²) in [4.78, 5) is 25.6. The van der Waals surface area contributed by atoms with Gasteiger partial charge in [0.1, 0.15) is 16.9 Å². The molecule has 4 aromatic rings. The number of methoxy groups -OCH3 is 1. The number of fused-ring (bicyclic) bond motifs is 2. The first kappa shape index (κ1) is 27.2. The fraction of sp³-hybridized carbons (Fsp3) is 0.235. The van der Waals surface area contributed by atoms with Crippen molar-refractivity contribution in [3.05, 3.63) is 107 Å². The van der Waals surface area contributed by atoms with Crippen LogP contribution in [0.25, 0.3) is 11.1 Å². The standard InChI is InChI=1S/C34H30O8/c1-3-15-40-28-14-12-23-25(30(28)24-9-4-5-10-26(24)39-2)18-34(33(37)38,22-8-6-7-21(16-22)32(35)36)31(23)20-11-13-27-29(17-20)42-19-41-27/h4-14,16-17,31H,3,15,18-19H2,1-2H3,(H,35,36)(H,37,38). The highest BCUT2D eigenvalue weighted by Crippen LogP contribution is 2.57. The van der Waals surface area contributed by atoms with Crippen molar-refractivity contribution < 1.29 is 38.7 Å². The van der Waals surface area contributed by atoms with Gasteiger partial charge in [-0.2, -0.15) is 0 Å². The number of hydrogen-bond acceptors (Lipinski definition) is 6. The van der Waals surface area contributed by atoms with Crippen molar-refractivity contribution in [2.24, 2.45) is 0 Å². The van der Waals surface area contributed by atoms with Crippen molar-refractivity contribution in [2.75, 3.05) is 20.5 Å². The van der Waals surface area contributed by atoms with Crippen molar-refractivity contribution in [3.63, 3.8) is 0 Å². The van der Waals surface area contributed by atoms with E-state index in [2.05, 4.69) is 0 Å². The van der Waals surface area contributed by atoms with E-state index in [0.717, 1.165) is 28.7 Å². The van der Waals surface area contributed by atoms with Crippen LogP contribution in [0.5, 0.6) is 23.0 Å². The van der Waals surface area contributed by atoms with E-state index in [0.29, 0.717) is 40.7 Å². The lowest BCUT2D eigenvalue weighted by Gasteiger charge is -2.33. The van der Waals surface area contributed by atoms with Crippen molar-refractivity contribution in [1.29, 1.82) is 0 Å². The number of hydrogen-bond donors (Lipinski definition) is 2. The van der Waals surface area contributed by atoms with Crippen LogP contribution in [0.2, 0.25) is 0 Å². The molecule has 0 radical (unpaired) electrons. The summed E-state index contributed by atoms with van der Waals surface area (Å²) >= 11 is 0.